The van der Waals surface area contributed by atoms with Gasteiger partial charge in [0, 0.05) is 42.9 Å². The molecule has 1 aromatic rings. The van der Waals surface area contributed by atoms with Crippen LogP contribution in [0.1, 0.15) is 18.4 Å². The molecule has 0 bridgehead atoms. The summed E-state index contributed by atoms with van der Waals surface area (Å²) in [5.41, 5.74) is 6.49. The quantitative estimate of drug-likeness (QED) is 0.740. The van der Waals surface area contributed by atoms with Crippen LogP contribution < -0.4 is 15.8 Å². The highest BCUT2D eigenvalue weighted by Gasteiger charge is 2.37. The molecule has 142 valence electrons. The third kappa shape index (κ3) is 5.46. The fourth-order valence-electron chi connectivity index (χ4n) is 3.04. The summed E-state index contributed by atoms with van der Waals surface area (Å²) in [4.78, 5) is 12.2. The molecule has 1 aromatic carbocycles. The summed E-state index contributed by atoms with van der Waals surface area (Å²) in [5, 5.41) is 3.59. The third-order valence-electron chi connectivity index (χ3n) is 4.47. The largest absolute Gasteiger partial charge is 0.496 e. The van der Waals surface area contributed by atoms with Crippen molar-refractivity contribution >= 4 is 29.9 Å². The Balaban J connectivity index is 0.00000312. The van der Waals surface area contributed by atoms with Gasteiger partial charge in [-0.3, -0.25) is 4.79 Å². The van der Waals surface area contributed by atoms with Crippen molar-refractivity contribution in [2.45, 2.75) is 24.3 Å². The van der Waals surface area contributed by atoms with Crippen LogP contribution in [-0.2, 0) is 19.7 Å². The van der Waals surface area contributed by atoms with Gasteiger partial charge in [0.2, 0.25) is 5.91 Å². The first-order valence-electron chi connectivity index (χ1n) is 7.96. The van der Waals surface area contributed by atoms with Gasteiger partial charge in [0.05, 0.1) is 13.7 Å². The van der Waals surface area contributed by atoms with Crippen LogP contribution in [0.5, 0.6) is 5.75 Å². The molecule has 25 heavy (non-hydrogen) atoms. The lowest BCUT2D eigenvalue weighted by Crippen LogP contribution is -2.50. The summed E-state index contributed by atoms with van der Waals surface area (Å²) in [6.07, 6.45) is 1.53. The number of hydrogen-bond donors (Lipinski definition) is 2. The van der Waals surface area contributed by atoms with E-state index >= 15 is 0 Å². The van der Waals surface area contributed by atoms with Crippen LogP contribution >= 0.6 is 24.0 Å². The Bertz CT molecular complexity index is 566. The molecule has 2 rings (SSSR count). The van der Waals surface area contributed by atoms with Gasteiger partial charge in [0.15, 0.2) is 0 Å². The zero-order valence-electron chi connectivity index (χ0n) is 14.5. The number of amides is 1. The van der Waals surface area contributed by atoms with Gasteiger partial charge in [-0.15, -0.1) is 12.4 Å². The highest BCUT2D eigenvalue weighted by Crippen LogP contribution is 2.40. The Labute approximate surface area is 159 Å². The highest BCUT2D eigenvalue weighted by molar-refractivity contribution is 6.30. The smallest absolute Gasteiger partial charge is 0.239 e. The van der Waals surface area contributed by atoms with Crippen LogP contribution in [-0.4, -0.2) is 52.5 Å². The summed E-state index contributed by atoms with van der Waals surface area (Å²) in [7, 11) is 3.15. The lowest BCUT2D eigenvalue weighted by molar-refractivity contribution is -0.124. The van der Waals surface area contributed by atoms with E-state index in [9.17, 15) is 4.79 Å². The predicted molar refractivity (Wildman–Crippen MR) is 99.8 cm³/mol. The van der Waals surface area contributed by atoms with E-state index in [0.29, 0.717) is 24.8 Å². The highest BCUT2D eigenvalue weighted by atomic mass is 35.5. The number of methoxy groups -OCH3 is 2. The van der Waals surface area contributed by atoms with Gasteiger partial charge >= 0.3 is 0 Å². The Morgan fingerprint density at radius 1 is 1.40 bits per heavy atom. The molecule has 1 aliphatic heterocycles. The number of rotatable bonds is 7. The van der Waals surface area contributed by atoms with E-state index < -0.39 is 6.04 Å². The van der Waals surface area contributed by atoms with Crippen LogP contribution in [0.3, 0.4) is 0 Å². The monoisotopic (exact) mass is 392 g/mol. The first kappa shape index (κ1) is 22.0. The zero-order valence-corrected chi connectivity index (χ0v) is 16.1. The van der Waals surface area contributed by atoms with Gasteiger partial charge in [-0.1, -0.05) is 11.6 Å². The molecule has 1 saturated heterocycles. The summed E-state index contributed by atoms with van der Waals surface area (Å²) in [5.74, 6) is 0.528. The Morgan fingerprint density at radius 2 is 2.08 bits per heavy atom. The molecule has 0 spiro atoms. The van der Waals surface area contributed by atoms with Crippen molar-refractivity contribution in [2.24, 2.45) is 5.73 Å². The summed E-state index contributed by atoms with van der Waals surface area (Å²) >= 11 is 6.20. The number of hydrogen-bond acceptors (Lipinski definition) is 5. The van der Waals surface area contributed by atoms with Crippen LogP contribution in [0.4, 0.5) is 0 Å². The molecule has 0 radical (unpaired) electrons. The lowest BCUT2D eigenvalue weighted by atomic mass is 9.73. The number of halogens is 2. The van der Waals surface area contributed by atoms with Crippen molar-refractivity contribution in [3.63, 3.8) is 0 Å². The minimum absolute atomic E-state index is 0. The molecule has 1 amide bonds. The van der Waals surface area contributed by atoms with E-state index in [0.717, 1.165) is 24.2 Å². The molecule has 1 unspecified atom stereocenters. The molecular weight excluding hydrogens is 367 g/mol. The minimum atomic E-state index is -0.687. The third-order valence-corrected chi connectivity index (χ3v) is 4.70. The molecule has 1 heterocycles. The molecule has 1 atom stereocenters. The van der Waals surface area contributed by atoms with E-state index in [1.54, 1.807) is 13.2 Å². The Morgan fingerprint density at radius 3 is 2.68 bits per heavy atom. The van der Waals surface area contributed by atoms with E-state index in [1.807, 2.05) is 12.1 Å². The Hall–Kier alpha value is -1.05. The van der Waals surface area contributed by atoms with Gasteiger partial charge in [0.1, 0.15) is 11.8 Å². The second-order valence-corrected chi connectivity index (χ2v) is 6.45. The molecule has 1 fully saturated rings. The first-order valence-corrected chi connectivity index (χ1v) is 8.34. The average molecular weight is 393 g/mol. The van der Waals surface area contributed by atoms with Crippen molar-refractivity contribution in [2.75, 3.05) is 40.6 Å². The van der Waals surface area contributed by atoms with Gasteiger partial charge in [-0.25, -0.2) is 0 Å². The van der Waals surface area contributed by atoms with Crippen molar-refractivity contribution < 1.29 is 19.0 Å². The lowest BCUT2D eigenvalue weighted by Gasteiger charge is -2.39. The van der Waals surface area contributed by atoms with Gasteiger partial charge in [0.25, 0.3) is 0 Å². The van der Waals surface area contributed by atoms with Gasteiger partial charge < -0.3 is 25.3 Å². The maximum Gasteiger partial charge on any atom is 0.239 e. The fourth-order valence-corrected chi connectivity index (χ4v) is 3.21. The van der Waals surface area contributed by atoms with Crippen LogP contribution in [0, 0.1) is 0 Å². The Kier molecular flexibility index (Phi) is 8.96. The first-order chi connectivity index (χ1) is 11.5. The molecule has 3 N–H and O–H groups in total. The average Bonchev–Trinajstić information content (AvgIpc) is 2.60. The standard InChI is InChI=1S/C17H25ClN2O4.ClH/c1-22-10-14(19)16(21)20-11-17(5-7-24-8-6-17)13-9-12(18)3-4-15(13)23-2;/h3-4,9,14H,5-8,10-11,19H2,1-2H3,(H,20,21);1H. The summed E-state index contributed by atoms with van der Waals surface area (Å²) in [6.45, 7) is 1.87. The second-order valence-electron chi connectivity index (χ2n) is 6.02. The van der Waals surface area contributed by atoms with Crippen molar-refractivity contribution in [3.05, 3.63) is 28.8 Å². The normalized spacial score (nSPS) is 17.3. The number of nitrogens with one attached hydrogen (secondary N) is 1. The molecule has 6 nitrogen and oxygen atoms in total. The van der Waals surface area contributed by atoms with Crippen LogP contribution in [0.2, 0.25) is 5.02 Å². The maximum absolute atomic E-state index is 12.2. The second kappa shape index (κ2) is 10.2. The van der Waals surface area contributed by atoms with Crippen LogP contribution in [0.25, 0.3) is 0 Å². The van der Waals surface area contributed by atoms with E-state index in [1.165, 1.54) is 7.11 Å². The molecule has 0 aliphatic carbocycles. The van der Waals surface area contributed by atoms with Crippen LogP contribution in [0.15, 0.2) is 18.2 Å². The molecule has 0 saturated carbocycles. The van der Waals surface area contributed by atoms with E-state index in [4.69, 9.17) is 31.5 Å². The maximum atomic E-state index is 12.2. The van der Waals surface area contributed by atoms with E-state index in [2.05, 4.69) is 5.32 Å². The van der Waals surface area contributed by atoms with Crippen molar-refractivity contribution in [3.8, 4) is 5.75 Å². The van der Waals surface area contributed by atoms with Crippen molar-refractivity contribution in [1.29, 1.82) is 0 Å². The zero-order chi connectivity index (χ0) is 17.6. The number of ether oxygens (including phenoxy) is 3. The minimum Gasteiger partial charge on any atom is -0.496 e. The van der Waals surface area contributed by atoms with Gasteiger partial charge in [-0.2, -0.15) is 0 Å². The molecule has 0 aromatic heterocycles. The van der Waals surface area contributed by atoms with E-state index in [-0.39, 0.29) is 30.3 Å². The molecule has 1 aliphatic rings. The molecular formula is C17H26Cl2N2O4. The fraction of sp³-hybridized carbons (Fsp3) is 0.588. The number of nitrogens with two attached hydrogens (primary N) is 1. The SMILES string of the molecule is COCC(N)C(=O)NCC1(c2cc(Cl)ccc2OC)CCOCC1.Cl. The summed E-state index contributed by atoms with van der Waals surface area (Å²) in [6, 6.07) is 4.87. The predicted octanol–water partition coefficient (Wildman–Crippen LogP) is 1.91. The topological polar surface area (TPSA) is 82.8 Å². The number of carbonyl (C=O) groups excluding carboxylic acids is 1. The number of benzene rings is 1. The number of carbonyl (C=O) groups is 1. The van der Waals surface area contributed by atoms with Gasteiger partial charge in [-0.05, 0) is 31.0 Å². The molecule has 8 heteroatoms. The summed E-state index contributed by atoms with van der Waals surface area (Å²) < 4.78 is 16.0. The van der Waals surface area contributed by atoms with Crippen molar-refractivity contribution in [1.82, 2.24) is 5.32 Å².